The highest BCUT2D eigenvalue weighted by atomic mass is 19.1. The molecule has 2 aromatic carbocycles. The van der Waals surface area contributed by atoms with Gasteiger partial charge in [0.05, 0.1) is 12.1 Å². The number of aromatic hydroxyl groups is 1. The van der Waals surface area contributed by atoms with Gasteiger partial charge in [-0.2, -0.15) is 0 Å². The van der Waals surface area contributed by atoms with Crippen molar-refractivity contribution in [2.75, 3.05) is 6.54 Å². The predicted molar refractivity (Wildman–Crippen MR) is 105 cm³/mol. The molecule has 0 spiro atoms. The van der Waals surface area contributed by atoms with Crippen LogP contribution in [-0.4, -0.2) is 28.5 Å². The highest BCUT2D eigenvalue weighted by molar-refractivity contribution is 5.86. The molecule has 0 bridgehead atoms. The summed E-state index contributed by atoms with van der Waals surface area (Å²) in [5.74, 6) is -0.543. The van der Waals surface area contributed by atoms with E-state index in [2.05, 4.69) is 17.4 Å². The molecule has 4 atom stereocenters. The van der Waals surface area contributed by atoms with Gasteiger partial charge >= 0.3 is 0 Å². The first-order valence-electron chi connectivity index (χ1n) is 9.41. The van der Waals surface area contributed by atoms with Crippen molar-refractivity contribution in [3.8, 4) is 5.75 Å². The SMILES string of the molecule is C=CCN1C(=O)C2NNC(c3c(C)cc(C)cc3O)C2C1c1ccccc1F. The number of likely N-dealkylation sites (tertiary alicyclic amines) is 1. The second-order valence-corrected chi connectivity index (χ2v) is 7.58. The predicted octanol–water partition coefficient (Wildman–Crippen LogP) is 3.05. The van der Waals surface area contributed by atoms with Gasteiger partial charge in [-0.3, -0.25) is 4.79 Å². The van der Waals surface area contributed by atoms with Crippen LogP contribution < -0.4 is 10.9 Å². The van der Waals surface area contributed by atoms with Crippen molar-refractivity contribution in [2.24, 2.45) is 5.92 Å². The van der Waals surface area contributed by atoms with Gasteiger partial charge in [0.25, 0.3) is 0 Å². The number of aryl methyl sites for hydroxylation is 2. The number of nitrogens with one attached hydrogen (secondary N) is 2. The molecule has 1 amide bonds. The van der Waals surface area contributed by atoms with E-state index in [1.54, 1.807) is 35.2 Å². The number of benzene rings is 2. The number of carbonyl (C=O) groups excluding carboxylic acids is 1. The van der Waals surface area contributed by atoms with Crippen molar-refractivity contribution >= 4 is 5.91 Å². The molecule has 2 saturated heterocycles. The summed E-state index contributed by atoms with van der Waals surface area (Å²) in [6, 6.07) is 8.97. The smallest absolute Gasteiger partial charge is 0.242 e. The Morgan fingerprint density at radius 2 is 1.93 bits per heavy atom. The number of carbonyl (C=O) groups is 1. The lowest BCUT2D eigenvalue weighted by Crippen LogP contribution is -2.41. The van der Waals surface area contributed by atoms with Gasteiger partial charge in [-0.25, -0.2) is 15.2 Å². The lowest BCUT2D eigenvalue weighted by Gasteiger charge is -2.31. The Kier molecular flexibility index (Phi) is 4.69. The molecule has 5 nitrogen and oxygen atoms in total. The Hall–Kier alpha value is -2.70. The van der Waals surface area contributed by atoms with Crippen molar-refractivity contribution in [3.63, 3.8) is 0 Å². The molecule has 3 N–H and O–H groups in total. The van der Waals surface area contributed by atoms with Crippen LogP contribution in [0.5, 0.6) is 5.75 Å². The molecule has 2 aliphatic rings. The van der Waals surface area contributed by atoms with Crippen molar-refractivity contribution in [1.82, 2.24) is 15.8 Å². The van der Waals surface area contributed by atoms with Crippen molar-refractivity contribution in [1.29, 1.82) is 0 Å². The number of phenolic OH excluding ortho intramolecular Hbond substituents is 1. The fourth-order valence-corrected chi connectivity index (χ4v) is 4.74. The average Bonchev–Trinajstić information content (AvgIpc) is 3.16. The largest absolute Gasteiger partial charge is 0.508 e. The van der Waals surface area contributed by atoms with E-state index in [0.717, 1.165) is 16.7 Å². The van der Waals surface area contributed by atoms with Crippen molar-refractivity contribution in [3.05, 3.63) is 77.1 Å². The van der Waals surface area contributed by atoms with Crippen LogP contribution in [0.4, 0.5) is 4.39 Å². The zero-order valence-corrected chi connectivity index (χ0v) is 15.9. The van der Waals surface area contributed by atoms with Crippen molar-refractivity contribution < 1.29 is 14.3 Å². The lowest BCUT2D eigenvalue weighted by molar-refractivity contribution is -0.130. The minimum atomic E-state index is -0.505. The first-order chi connectivity index (χ1) is 13.4. The molecule has 2 heterocycles. The second-order valence-electron chi connectivity index (χ2n) is 7.58. The summed E-state index contributed by atoms with van der Waals surface area (Å²) >= 11 is 0. The van der Waals surface area contributed by atoms with Crippen LogP contribution in [0.25, 0.3) is 0 Å². The monoisotopic (exact) mass is 381 g/mol. The Labute approximate surface area is 163 Å². The second kappa shape index (κ2) is 7.04. The zero-order valence-electron chi connectivity index (χ0n) is 15.9. The number of hydrogen-bond acceptors (Lipinski definition) is 4. The van der Waals surface area contributed by atoms with E-state index in [-0.39, 0.29) is 29.4 Å². The normalized spacial score (nSPS) is 26.5. The summed E-state index contributed by atoms with van der Waals surface area (Å²) < 4.78 is 14.7. The topological polar surface area (TPSA) is 64.6 Å². The van der Waals surface area contributed by atoms with E-state index in [1.165, 1.54) is 6.07 Å². The number of phenols is 1. The van der Waals surface area contributed by atoms with Crippen molar-refractivity contribution in [2.45, 2.75) is 32.0 Å². The van der Waals surface area contributed by atoms with E-state index in [9.17, 15) is 14.3 Å². The Morgan fingerprint density at radius 3 is 2.61 bits per heavy atom. The molecule has 4 unspecified atom stereocenters. The highest BCUT2D eigenvalue weighted by Crippen LogP contribution is 2.49. The number of hydrogen-bond donors (Lipinski definition) is 3. The highest BCUT2D eigenvalue weighted by Gasteiger charge is 2.56. The molecular weight excluding hydrogens is 357 g/mol. The Morgan fingerprint density at radius 1 is 1.21 bits per heavy atom. The van der Waals surface area contributed by atoms with Crippen LogP contribution in [0.2, 0.25) is 0 Å². The van der Waals surface area contributed by atoms with Crippen LogP contribution in [-0.2, 0) is 4.79 Å². The Balaban J connectivity index is 1.85. The Bertz CT molecular complexity index is 922. The standard InChI is InChI=1S/C22H24FN3O2/c1-4-9-26-21(14-7-5-6-8-15(14)23)18-19(24-25-20(18)22(26)28)17-13(3)10-12(2)11-16(17)27/h4-8,10-11,18-21,24-25,27H,1,9H2,2-3H3. The molecule has 0 radical (unpaired) electrons. The summed E-state index contributed by atoms with van der Waals surface area (Å²) in [6.07, 6.45) is 1.66. The molecule has 0 aromatic heterocycles. The maximum absolute atomic E-state index is 14.7. The van der Waals surface area contributed by atoms with E-state index in [1.807, 2.05) is 19.9 Å². The quantitative estimate of drug-likeness (QED) is 0.713. The van der Waals surface area contributed by atoms with Crippen LogP contribution in [0, 0.1) is 25.6 Å². The third-order valence-corrected chi connectivity index (χ3v) is 5.78. The lowest BCUT2D eigenvalue weighted by atomic mass is 9.81. The van der Waals surface area contributed by atoms with Gasteiger partial charge in [0.2, 0.25) is 5.91 Å². The number of fused-ring (bicyclic) bond motifs is 1. The van der Waals surface area contributed by atoms with E-state index >= 15 is 0 Å². The molecule has 4 rings (SSSR count). The number of nitrogens with zero attached hydrogens (tertiary/aromatic N) is 1. The first-order valence-corrected chi connectivity index (χ1v) is 9.41. The summed E-state index contributed by atoms with van der Waals surface area (Å²) in [5.41, 5.74) is 9.37. The average molecular weight is 381 g/mol. The summed E-state index contributed by atoms with van der Waals surface area (Å²) in [7, 11) is 0. The summed E-state index contributed by atoms with van der Waals surface area (Å²) in [4.78, 5) is 14.7. The minimum Gasteiger partial charge on any atom is -0.508 e. The van der Waals surface area contributed by atoms with Gasteiger partial charge in [0, 0.05) is 23.6 Å². The van der Waals surface area contributed by atoms with E-state index < -0.39 is 12.1 Å². The third kappa shape index (κ3) is 2.80. The fraction of sp³-hybridized carbons (Fsp3) is 0.318. The third-order valence-electron chi connectivity index (χ3n) is 5.78. The molecular formula is C22H24FN3O2. The summed E-state index contributed by atoms with van der Waals surface area (Å²) in [5, 5.41) is 10.6. The van der Waals surface area contributed by atoms with Crippen LogP contribution in [0.15, 0.2) is 49.1 Å². The van der Waals surface area contributed by atoms with Crippen LogP contribution in [0.3, 0.4) is 0 Å². The van der Waals surface area contributed by atoms with E-state index in [0.29, 0.717) is 12.1 Å². The number of amides is 1. The van der Waals surface area contributed by atoms with Gasteiger partial charge in [-0.15, -0.1) is 6.58 Å². The molecule has 6 heteroatoms. The van der Waals surface area contributed by atoms with Crippen LogP contribution >= 0.6 is 0 Å². The maximum Gasteiger partial charge on any atom is 0.242 e. The van der Waals surface area contributed by atoms with Gasteiger partial charge in [0.1, 0.15) is 17.6 Å². The molecule has 2 aromatic rings. The van der Waals surface area contributed by atoms with E-state index in [4.69, 9.17) is 0 Å². The minimum absolute atomic E-state index is 0.0996. The number of hydrazine groups is 1. The maximum atomic E-state index is 14.7. The number of halogens is 1. The molecule has 2 aliphatic heterocycles. The summed E-state index contributed by atoms with van der Waals surface area (Å²) in [6.45, 7) is 7.95. The van der Waals surface area contributed by atoms with Gasteiger partial charge in [0.15, 0.2) is 0 Å². The zero-order chi connectivity index (χ0) is 20.0. The first kappa shape index (κ1) is 18.7. The van der Waals surface area contributed by atoms with Crippen LogP contribution in [0.1, 0.15) is 34.3 Å². The fourth-order valence-electron chi connectivity index (χ4n) is 4.74. The van der Waals surface area contributed by atoms with Gasteiger partial charge in [-0.1, -0.05) is 30.3 Å². The molecule has 28 heavy (non-hydrogen) atoms. The molecule has 146 valence electrons. The molecule has 2 fully saturated rings. The molecule has 0 aliphatic carbocycles. The van der Waals surface area contributed by atoms with Gasteiger partial charge in [-0.05, 0) is 37.1 Å². The number of rotatable bonds is 4. The van der Waals surface area contributed by atoms with Gasteiger partial charge < -0.3 is 10.0 Å². The molecule has 0 saturated carbocycles.